The summed E-state index contributed by atoms with van der Waals surface area (Å²) in [6, 6.07) is 16.9. The van der Waals surface area contributed by atoms with E-state index in [0.29, 0.717) is 24.3 Å². The first-order chi connectivity index (χ1) is 14.4. The predicted molar refractivity (Wildman–Crippen MR) is 115 cm³/mol. The summed E-state index contributed by atoms with van der Waals surface area (Å²) in [5.74, 6) is -0.0977. The molecule has 1 N–H and O–H groups in total. The van der Waals surface area contributed by atoms with E-state index < -0.39 is 5.97 Å². The van der Waals surface area contributed by atoms with Gasteiger partial charge in [0.2, 0.25) is 0 Å². The van der Waals surface area contributed by atoms with Crippen molar-refractivity contribution in [2.75, 3.05) is 13.2 Å². The number of hydrogen-bond donors (Lipinski definition) is 1. The average Bonchev–Trinajstić information content (AvgIpc) is 2.75. The molecule has 2 rings (SSSR count). The number of carbonyl (C=O) groups is 3. The van der Waals surface area contributed by atoms with Gasteiger partial charge in [0, 0.05) is 18.0 Å². The fourth-order valence-electron chi connectivity index (χ4n) is 2.83. The summed E-state index contributed by atoms with van der Waals surface area (Å²) < 4.78 is 10.6. The van der Waals surface area contributed by atoms with Crippen LogP contribution in [0.4, 0.5) is 0 Å². The molecule has 0 heterocycles. The van der Waals surface area contributed by atoms with Crippen molar-refractivity contribution in [3.63, 3.8) is 0 Å². The number of hydrogen-bond acceptors (Lipinski definition) is 5. The molecule has 2 aromatic rings. The van der Waals surface area contributed by atoms with Crippen LogP contribution in [-0.4, -0.2) is 36.9 Å². The van der Waals surface area contributed by atoms with Gasteiger partial charge in [0.05, 0.1) is 6.61 Å². The van der Waals surface area contributed by atoms with Crippen molar-refractivity contribution in [3.8, 4) is 5.75 Å². The molecule has 30 heavy (non-hydrogen) atoms. The Bertz CT molecular complexity index is 817. The first-order valence-corrected chi connectivity index (χ1v) is 10.2. The Balaban J connectivity index is 1.55. The van der Waals surface area contributed by atoms with E-state index in [4.69, 9.17) is 9.47 Å². The summed E-state index contributed by atoms with van der Waals surface area (Å²) in [5, 5.41) is 2.84. The number of carbonyl (C=O) groups excluding carboxylic acids is 3. The number of esters is 1. The quantitative estimate of drug-likeness (QED) is 0.327. The molecule has 0 fully saturated rings. The molecule has 160 valence electrons. The van der Waals surface area contributed by atoms with Crippen LogP contribution < -0.4 is 10.1 Å². The minimum atomic E-state index is -0.433. The first kappa shape index (κ1) is 23.1. The Labute approximate surface area is 177 Å². The molecule has 6 nitrogen and oxygen atoms in total. The van der Waals surface area contributed by atoms with Gasteiger partial charge in [-0.25, -0.2) is 0 Å². The van der Waals surface area contributed by atoms with Gasteiger partial charge < -0.3 is 14.8 Å². The van der Waals surface area contributed by atoms with Crippen molar-refractivity contribution in [1.82, 2.24) is 5.32 Å². The maximum atomic E-state index is 11.9. The number of amides is 1. The van der Waals surface area contributed by atoms with Gasteiger partial charge in [-0.1, -0.05) is 30.3 Å². The van der Waals surface area contributed by atoms with Crippen molar-refractivity contribution < 1.29 is 23.9 Å². The monoisotopic (exact) mass is 411 g/mol. The van der Waals surface area contributed by atoms with Gasteiger partial charge >= 0.3 is 5.97 Å². The van der Waals surface area contributed by atoms with E-state index in [2.05, 4.69) is 17.4 Å². The number of aryl methyl sites for hydroxylation is 1. The first-order valence-electron chi connectivity index (χ1n) is 10.2. The number of ketones is 1. The molecule has 0 unspecified atom stereocenters. The standard InChI is InChI=1S/C24H29NO5/c1-18(10-11-20-7-4-3-5-8-20)25-23(27)17-30-24(28)9-6-16-29-22-14-12-21(13-15-22)19(2)26/h3-5,7-8,12-15,18H,6,9-11,16-17H2,1-2H3,(H,25,27)/t18-/m1/s1. The highest BCUT2D eigenvalue weighted by atomic mass is 16.5. The molecule has 0 aliphatic rings. The molecule has 2 aromatic carbocycles. The van der Waals surface area contributed by atoms with Crippen LogP contribution in [0.25, 0.3) is 0 Å². The fourth-order valence-corrected chi connectivity index (χ4v) is 2.83. The van der Waals surface area contributed by atoms with Crippen molar-refractivity contribution in [1.29, 1.82) is 0 Å². The number of rotatable bonds is 12. The van der Waals surface area contributed by atoms with Gasteiger partial charge in [0.25, 0.3) is 5.91 Å². The molecule has 0 spiro atoms. The summed E-state index contributed by atoms with van der Waals surface area (Å²) in [5.41, 5.74) is 1.85. The van der Waals surface area contributed by atoms with E-state index in [1.54, 1.807) is 24.3 Å². The lowest BCUT2D eigenvalue weighted by Gasteiger charge is -2.14. The van der Waals surface area contributed by atoms with Gasteiger partial charge in [0.1, 0.15) is 5.75 Å². The summed E-state index contributed by atoms with van der Waals surface area (Å²) in [4.78, 5) is 34.9. The van der Waals surface area contributed by atoms with Crippen molar-refractivity contribution >= 4 is 17.7 Å². The van der Waals surface area contributed by atoms with Crippen LogP contribution in [0.3, 0.4) is 0 Å². The maximum absolute atomic E-state index is 11.9. The average molecular weight is 411 g/mol. The molecule has 1 atom stereocenters. The van der Waals surface area contributed by atoms with Crippen LogP contribution in [0.2, 0.25) is 0 Å². The van der Waals surface area contributed by atoms with Crippen molar-refractivity contribution in [3.05, 3.63) is 65.7 Å². The highest BCUT2D eigenvalue weighted by molar-refractivity contribution is 5.94. The Kier molecular flexibility index (Phi) is 9.58. The van der Waals surface area contributed by atoms with Crippen LogP contribution >= 0.6 is 0 Å². The Hall–Kier alpha value is -3.15. The lowest BCUT2D eigenvalue weighted by Crippen LogP contribution is -2.36. The van der Waals surface area contributed by atoms with E-state index >= 15 is 0 Å². The zero-order valence-corrected chi connectivity index (χ0v) is 17.6. The number of benzene rings is 2. The smallest absolute Gasteiger partial charge is 0.306 e. The second-order valence-corrected chi connectivity index (χ2v) is 7.19. The Morgan fingerprint density at radius 3 is 2.37 bits per heavy atom. The third-order valence-corrected chi connectivity index (χ3v) is 4.54. The fraction of sp³-hybridized carbons (Fsp3) is 0.375. The van der Waals surface area contributed by atoms with Crippen LogP contribution in [0.5, 0.6) is 5.75 Å². The lowest BCUT2D eigenvalue weighted by molar-refractivity contribution is -0.148. The zero-order chi connectivity index (χ0) is 21.8. The van der Waals surface area contributed by atoms with Crippen LogP contribution in [0.1, 0.15) is 49.0 Å². The van der Waals surface area contributed by atoms with Gasteiger partial charge in [-0.05, 0) is 62.9 Å². The molecule has 0 bridgehead atoms. The molecule has 1 amide bonds. The molecule has 0 aliphatic carbocycles. The minimum absolute atomic E-state index is 0.000742. The van der Waals surface area contributed by atoms with Crippen molar-refractivity contribution in [2.24, 2.45) is 0 Å². The van der Waals surface area contributed by atoms with E-state index in [-0.39, 0.29) is 30.8 Å². The van der Waals surface area contributed by atoms with Gasteiger partial charge in [-0.15, -0.1) is 0 Å². The SMILES string of the molecule is CC(=O)c1ccc(OCCCC(=O)OCC(=O)N[C@H](C)CCc2ccccc2)cc1. The Morgan fingerprint density at radius 2 is 1.70 bits per heavy atom. The van der Waals surface area contributed by atoms with Gasteiger partial charge in [-0.3, -0.25) is 14.4 Å². The highest BCUT2D eigenvalue weighted by Crippen LogP contribution is 2.13. The van der Waals surface area contributed by atoms with Crippen LogP contribution in [0, 0.1) is 0 Å². The second-order valence-electron chi connectivity index (χ2n) is 7.19. The molecular weight excluding hydrogens is 382 g/mol. The maximum Gasteiger partial charge on any atom is 0.306 e. The molecule has 0 radical (unpaired) electrons. The zero-order valence-electron chi connectivity index (χ0n) is 17.6. The van der Waals surface area contributed by atoms with Crippen molar-refractivity contribution in [2.45, 2.75) is 45.6 Å². The van der Waals surface area contributed by atoms with Crippen LogP contribution in [0.15, 0.2) is 54.6 Å². The second kappa shape index (κ2) is 12.4. The largest absolute Gasteiger partial charge is 0.494 e. The van der Waals surface area contributed by atoms with E-state index in [0.717, 1.165) is 12.8 Å². The normalized spacial score (nSPS) is 11.4. The summed E-state index contributed by atoms with van der Waals surface area (Å²) in [7, 11) is 0. The van der Waals surface area contributed by atoms with Gasteiger partial charge in [-0.2, -0.15) is 0 Å². The number of nitrogens with one attached hydrogen (secondary N) is 1. The summed E-state index contributed by atoms with van der Waals surface area (Å²) in [6.07, 6.45) is 2.33. The molecular formula is C24H29NO5. The molecule has 0 aliphatic heterocycles. The minimum Gasteiger partial charge on any atom is -0.494 e. The highest BCUT2D eigenvalue weighted by Gasteiger charge is 2.11. The van der Waals surface area contributed by atoms with E-state index in [1.807, 2.05) is 25.1 Å². The van der Waals surface area contributed by atoms with Gasteiger partial charge in [0.15, 0.2) is 12.4 Å². The van der Waals surface area contributed by atoms with E-state index in [9.17, 15) is 14.4 Å². The molecule has 0 saturated heterocycles. The van der Waals surface area contributed by atoms with E-state index in [1.165, 1.54) is 12.5 Å². The lowest BCUT2D eigenvalue weighted by atomic mass is 10.1. The third kappa shape index (κ3) is 8.90. The number of Topliss-reactive ketones (excluding diaryl/α,β-unsaturated/α-hetero) is 1. The molecule has 0 saturated carbocycles. The molecule has 0 aromatic heterocycles. The van der Waals surface area contributed by atoms with Crippen LogP contribution in [-0.2, 0) is 20.7 Å². The summed E-state index contributed by atoms with van der Waals surface area (Å²) in [6.45, 7) is 3.51. The topological polar surface area (TPSA) is 81.7 Å². The molecule has 6 heteroatoms. The third-order valence-electron chi connectivity index (χ3n) is 4.54. The Morgan fingerprint density at radius 1 is 1.00 bits per heavy atom. The number of ether oxygens (including phenoxy) is 2. The summed E-state index contributed by atoms with van der Waals surface area (Å²) >= 11 is 0. The predicted octanol–water partition coefficient (Wildman–Crippen LogP) is 3.73.